The number of piperidine rings is 1. The molecule has 4 heteroatoms. The third-order valence-corrected chi connectivity index (χ3v) is 3.99. The van der Waals surface area contributed by atoms with Gasteiger partial charge in [0.25, 0.3) is 5.91 Å². The van der Waals surface area contributed by atoms with Crippen LogP contribution in [0, 0.1) is 0 Å². The van der Waals surface area contributed by atoms with E-state index in [2.05, 4.69) is 5.32 Å². The molecule has 1 aromatic rings. The number of rotatable bonds is 5. The van der Waals surface area contributed by atoms with Crippen molar-refractivity contribution in [3.63, 3.8) is 0 Å². The van der Waals surface area contributed by atoms with Crippen LogP contribution in [0.2, 0.25) is 0 Å². The van der Waals surface area contributed by atoms with Gasteiger partial charge in [0.1, 0.15) is 0 Å². The van der Waals surface area contributed by atoms with Crippen LogP contribution in [-0.4, -0.2) is 42.1 Å². The normalized spacial score (nSPS) is 20.7. The lowest BCUT2D eigenvalue weighted by Crippen LogP contribution is -2.46. The zero-order chi connectivity index (χ0) is 14.4. The summed E-state index contributed by atoms with van der Waals surface area (Å²) in [6.45, 7) is 1.66. The zero-order valence-electron chi connectivity index (χ0n) is 12.1. The molecule has 1 aliphatic heterocycles. The van der Waals surface area contributed by atoms with Crippen LogP contribution in [0.3, 0.4) is 0 Å². The predicted octanol–water partition coefficient (Wildman–Crippen LogP) is 1.71. The van der Waals surface area contributed by atoms with E-state index in [-0.39, 0.29) is 11.9 Å². The van der Waals surface area contributed by atoms with Crippen molar-refractivity contribution in [3.8, 4) is 0 Å². The number of nitrogens with zero attached hydrogens (tertiary/aromatic N) is 1. The van der Waals surface area contributed by atoms with Gasteiger partial charge in [0.2, 0.25) is 0 Å². The minimum Gasteiger partial charge on any atom is -0.378 e. The number of carbonyl (C=O) groups is 1. The number of hydrogen-bond acceptors (Lipinski definition) is 3. The maximum absolute atomic E-state index is 12.5. The first-order valence-electron chi connectivity index (χ1n) is 7.42. The van der Waals surface area contributed by atoms with Gasteiger partial charge in [-0.3, -0.25) is 4.79 Å². The Hall–Kier alpha value is -1.39. The van der Waals surface area contributed by atoms with Crippen molar-refractivity contribution >= 4 is 5.91 Å². The van der Waals surface area contributed by atoms with Crippen LogP contribution in [0.25, 0.3) is 0 Å². The maximum Gasteiger partial charge on any atom is 0.256 e. The molecule has 0 radical (unpaired) electrons. The Labute approximate surface area is 120 Å². The van der Waals surface area contributed by atoms with Crippen LogP contribution in [0.4, 0.5) is 0 Å². The topological polar surface area (TPSA) is 52.6 Å². The molecule has 1 fully saturated rings. The zero-order valence-corrected chi connectivity index (χ0v) is 12.1. The Kier molecular flexibility index (Phi) is 5.56. The summed E-state index contributed by atoms with van der Waals surface area (Å²) in [5.41, 5.74) is 0.676. The van der Waals surface area contributed by atoms with Crippen LogP contribution >= 0.6 is 0 Å². The molecule has 2 N–H and O–H groups in total. The third-order valence-electron chi connectivity index (χ3n) is 3.99. The molecule has 2 atom stereocenters. The molecular formula is C16H24N2O2. The first kappa shape index (κ1) is 15.0. The molecule has 4 nitrogen and oxygen atoms in total. The quantitative estimate of drug-likeness (QED) is 0.861. The van der Waals surface area contributed by atoms with E-state index in [1.54, 1.807) is 12.1 Å². The van der Waals surface area contributed by atoms with Gasteiger partial charge in [0, 0.05) is 12.6 Å². The van der Waals surface area contributed by atoms with Crippen molar-refractivity contribution in [1.82, 2.24) is 10.2 Å². The number of nitrogens with one attached hydrogen (secondary N) is 1. The fourth-order valence-electron chi connectivity index (χ4n) is 2.84. The molecule has 2 rings (SSSR count). The molecular weight excluding hydrogens is 252 g/mol. The SMILES string of the molecule is CNCCC1CCCCN1C(=O)C(O)c1ccccc1. The monoisotopic (exact) mass is 276 g/mol. The van der Waals surface area contributed by atoms with E-state index in [0.717, 1.165) is 32.4 Å². The summed E-state index contributed by atoms with van der Waals surface area (Å²) in [5, 5.41) is 13.4. The highest BCUT2D eigenvalue weighted by Gasteiger charge is 2.30. The minimum atomic E-state index is -1.04. The van der Waals surface area contributed by atoms with Crippen molar-refractivity contribution in [2.24, 2.45) is 0 Å². The van der Waals surface area contributed by atoms with E-state index in [1.165, 1.54) is 6.42 Å². The van der Waals surface area contributed by atoms with Gasteiger partial charge in [-0.15, -0.1) is 0 Å². The Bertz CT molecular complexity index is 422. The molecule has 0 aromatic heterocycles. The fourth-order valence-corrected chi connectivity index (χ4v) is 2.84. The molecule has 1 aliphatic rings. The second kappa shape index (κ2) is 7.41. The summed E-state index contributed by atoms with van der Waals surface area (Å²) < 4.78 is 0. The Morgan fingerprint density at radius 2 is 2.15 bits per heavy atom. The number of carbonyl (C=O) groups excluding carboxylic acids is 1. The third kappa shape index (κ3) is 3.58. The van der Waals surface area contributed by atoms with Crippen molar-refractivity contribution in [1.29, 1.82) is 0 Å². The standard InChI is InChI=1S/C16H24N2O2/c1-17-11-10-14-9-5-6-12-18(14)16(20)15(19)13-7-3-2-4-8-13/h2-4,7-8,14-15,17,19H,5-6,9-12H2,1H3. The van der Waals surface area contributed by atoms with Crippen LogP contribution in [0.15, 0.2) is 30.3 Å². The highest BCUT2D eigenvalue weighted by molar-refractivity contribution is 5.82. The molecule has 0 saturated carbocycles. The molecule has 1 saturated heterocycles. The summed E-state index contributed by atoms with van der Waals surface area (Å²) in [6, 6.07) is 9.44. The van der Waals surface area contributed by atoms with Gasteiger partial charge in [-0.2, -0.15) is 0 Å². The van der Waals surface area contributed by atoms with Crippen LogP contribution in [0.5, 0.6) is 0 Å². The smallest absolute Gasteiger partial charge is 0.256 e. The van der Waals surface area contributed by atoms with E-state index >= 15 is 0 Å². The van der Waals surface area contributed by atoms with E-state index in [1.807, 2.05) is 30.1 Å². The highest BCUT2D eigenvalue weighted by Crippen LogP contribution is 2.24. The molecule has 20 heavy (non-hydrogen) atoms. The molecule has 0 aliphatic carbocycles. The summed E-state index contributed by atoms with van der Waals surface area (Å²) in [7, 11) is 1.92. The van der Waals surface area contributed by atoms with Crippen molar-refractivity contribution in [3.05, 3.63) is 35.9 Å². The molecule has 1 aromatic carbocycles. The number of likely N-dealkylation sites (tertiary alicyclic amines) is 1. The summed E-state index contributed by atoms with van der Waals surface area (Å²) in [6.07, 6.45) is 3.15. The molecule has 1 heterocycles. The summed E-state index contributed by atoms with van der Waals surface area (Å²) in [4.78, 5) is 14.4. The number of benzene rings is 1. The second-order valence-corrected chi connectivity index (χ2v) is 5.39. The lowest BCUT2D eigenvalue weighted by Gasteiger charge is -2.37. The first-order chi connectivity index (χ1) is 9.74. The van der Waals surface area contributed by atoms with Crippen LogP contribution in [0.1, 0.15) is 37.4 Å². The Morgan fingerprint density at radius 1 is 1.40 bits per heavy atom. The van der Waals surface area contributed by atoms with Gasteiger partial charge in [-0.05, 0) is 44.8 Å². The molecule has 110 valence electrons. The number of aliphatic hydroxyl groups excluding tert-OH is 1. The van der Waals surface area contributed by atoms with Crippen molar-refractivity contribution in [2.75, 3.05) is 20.1 Å². The lowest BCUT2D eigenvalue weighted by atomic mass is 9.97. The van der Waals surface area contributed by atoms with Crippen molar-refractivity contribution < 1.29 is 9.90 Å². The van der Waals surface area contributed by atoms with E-state index < -0.39 is 6.10 Å². The van der Waals surface area contributed by atoms with E-state index in [0.29, 0.717) is 5.56 Å². The lowest BCUT2D eigenvalue weighted by molar-refractivity contribution is -0.144. The van der Waals surface area contributed by atoms with Gasteiger partial charge in [-0.25, -0.2) is 0 Å². The van der Waals surface area contributed by atoms with Gasteiger partial charge in [-0.1, -0.05) is 30.3 Å². The molecule has 0 bridgehead atoms. The Morgan fingerprint density at radius 3 is 2.85 bits per heavy atom. The average molecular weight is 276 g/mol. The number of hydrogen-bond donors (Lipinski definition) is 2. The predicted molar refractivity (Wildman–Crippen MR) is 79.3 cm³/mol. The average Bonchev–Trinajstić information content (AvgIpc) is 2.52. The molecule has 1 amide bonds. The summed E-state index contributed by atoms with van der Waals surface area (Å²) >= 11 is 0. The van der Waals surface area contributed by atoms with Gasteiger partial charge >= 0.3 is 0 Å². The highest BCUT2D eigenvalue weighted by atomic mass is 16.3. The van der Waals surface area contributed by atoms with E-state index in [9.17, 15) is 9.90 Å². The van der Waals surface area contributed by atoms with E-state index in [4.69, 9.17) is 0 Å². The van der Waals surface area contributed by atoms with Gasteiger partial charge in [0.05, 0.1) is 0 Å². The van der Waals surface area contributed by atoms with Crippen molar-refractivity contribution in [2.45, 2.75) is 37.8 Å². The molecule has 2 unspecified atom stereocenters. The molecule has 0 spiro atoms. The Balaban J connectivity index is 2.05. The summed E-state index contributed by atoms with van der Waals surface area (Å²) in [5.74, 6) is -0.156. The minimum absolute atomic E-state index is 0.156. The van der Waals surface area contributed by atoms with Crippen LogP contribution < -0.4 is 5.32 Å². The first-order valence-corrected chi connectivity index (χ1v) is 7.42. The van der Waals surface area contributed by atoms with Gasteiger partial charge < -0.3 is 15.3 Å². The maximum atomic E-state index is 12.5. The second-order valence-electron chi connectivity index (χ2n) is 5.39. The van der Waals surface area contributed by atoms with Crippen LogP contribution in [-0.2, 0) is 4.79 Å². The van der Waals surface area contributed by atoms with Gasteiger partial charge in [0.15, 0.2) is 6.10 Å². The largest absolute Gasteiger partial charge is 0.378 e. The number of aliphatic hydroxyl groups is 1. The fraction of sp³-hybridized carbons (Fsp3) is 0.562. The number of amides is 1.